The maximum Gasteiger partial charge on any atom is 0.348 e. The predicted molar refractivity (Wildman–Crippen MR) is 110 cm³/mol. The average Bonchev–Trinajstić information content (AvgIpc) is 2.68. The zero-order chi connectivity index (χ0) is 21.1. The summed E-state index contributed by atoms with van der Waals surface area (Å²) in [5, 5.41) is 1.28. The molecule has 0 aliphatic carbocycles. The fraction of sp³-hybridized carbons (Fsp3) is 0.286. The number of carbonyl (C=O) groups excluding carboxylic acids is 1. The first-order valence-electron chi connectivity index (χ1n) is 8.95. The number of halogens is 1. The Labute approximate surface area is 172 Å². The third-order valence-corrected chi connectivity index (χ3v) is 4.82. The molecule has 0 amide bonds. The van der Waals surface area contributed by atoms with Gasteiger partial charge in [0.05, 0.1) is 31.9 Å². The molecule has 0 saturated heterocycles. The Kier molecular flexibility index (Phi) is 6.08. The first kappa shape index (κ1) is 20.7. The van der Waals surface area contributed by atoms with Crippen molar-refractivity contribution in [2.75, 3.05) is 14.2 Å². The molecule has 3 aromatic rings. The quantitative estimate of drug-likeness (QED) is 0.447. The van der Waals surface area contributed by atoms with Crippen LogP contribution in [0.5, 0.6) is 17.2 Å². The molecule has 3 rings (SSSR count). The molecule has 0 saturated carbocycles. The Balaban J connectivity index is 1.96. The second-order valence-electron chi connectivity index (χ2n) is 6.56. The van der Waals surface area contributed by atoms with Gasteiger partial charge in [0.1, 0.15) is 5.75 Å². The van der Waals surface area contributed by atoms with Crippen LogP contribution < -0.4 is 19.9 Å². The van der Waals surface area contributed by atoms with Gasteiger partial charge in [-0.25, -0.2) is 4.79 Å². The standard InChI is InChI=1S/C21H21ClN2O5/c1-12(9-20(25)29-15-7-5-14(22)6-8-15)24-17-11-19(28-4)18(27-3)10-16(17)13(2)23-21(24)26/h5-8,10-12H,9H2,1-4H3. The van der Waals surface area contributed by atoms with Crippen LogP contribution in [0.25, 0.3) is 10.9 Å². The monoisotopic (exact) mass is 416 g/mol. The summed E-state index contributed by atoms with van der Waals surface area (Å²) in [7, 11) is 3.06. The summed E-state index contributed by atoms with van der Waals surface area (Å²) in [5.74, 6) is 0.928. The van der Waals surface area contributed by atoms with Gasteiger partial charge in [-0.15, -0.1) is 0 Å². The maximum absolute atomic E-state index is 12.6. The van der Waals surface area contributed by atoms with Crippen LogP contribution in [0.3, 0.4) is 0 Å². The van der Waals surface area contributed by atoms with E-state index in [0.717, 1.165) is 5.39 Å². The lowest BCUT2D eigenvalue weighted by Gasteiger charge is -2.19. The van der Waals surface area contributed by atoms with Crippen molar-refractivity contribution in [3.05, 3.63) is 57.6 Å². The number of aromatic nitrogens is 2. The molecule has 7 nitrogen and oxygen atoms in total. The molecule has 152 valence electrons. The summed E-state index contributed by atoms with van der Waals surface area (Å²) < 4.78 is 17.5. The van der Waals surface area contributed by atoms with Gasteiger partial charge in [0.15, 0.2) is 11.5 Å². The largest absolute Gasteiger partial charge is 0.493 e. The molecule has 0 aliphatic heterocycles. The van der Waals surface area contributed by atoms with E-state index >= 15 is 0 Å². The summed E-state index contributed by atoms with van der Waals surface area (Å²) in [4.78, 5) is 29.1. The number of benzene rings is 2. The van der Waals surface area contributed by atoms with E-state index in [-0.39, 0.29) is 6.42 Å². The van der Waals surface area contributed by atoms with Gasteiger partial charge in [-0.2, -0.15) is 4.98 Å². The molecule has 0 aliphatic rings. The van der Waals surface area contributed by atoms with Crippen LogP contribution >= 0.6 is 11.6 Å². The van der Waals surface area contributed by atoms with E-state index in [1.807, 2.05) is 0 Å². The van der Waals surface area contributed by atoms with E-state index in [0.29, 0.717) is 33.5 Å². The third-order valence-electron chi connectivity index (χ3n) is 4.57. The van der Waals surface area contributed by atoms with Crippen molar-refractivity contribution >= 4 is 28.5 Å². The van der Waals surface area contributed by atoms with Crippen molar-refractivity contribution in [3.63, 3.8) is 0 Å². The SMILES string of the molecule is COc1cc2c(C)nc(=O)n(C(C)CC(=O)Oc3ccc(Cl)cc3)c2cc1OC. The van der Waals surface area contributed by atoms with Gasteiger partial charge >= 0.3 is 11.7 Å². The van der Waals surface area contributed by atoms with Gasteiger partial charge in [-0.05, 0) is 44.2 Å². The molecule has 0 spiro atoms. The van der Waals surface area contributed by atoms with Crippen molar-refractivity contribution in [2.24, 2.45) is 0 Å². The van der Waals surface area contributed by atoms with E-state index in [1.165, 1.54) is 18.8 Å². The first-order valence-corrected chi connectivity index (χ1v) is 9.33. The van der Waals surface area contributed by atoms with E-state index in [9.17, 15) is 9.59 Å². The molecule has 29 heavy (non-hydrogen) atoms. The number of fused-ring (bicyclic) bond motifs is 1. The molecule has 0 fully saturated rings. The number of ether oxygens (including phenoxy) is 3. The molecule has 1 unspecified atom stereocenters. The number of methoxy groups -OCH3 is 2. The zero-order valence-corrected chi connectivity index (χ0v) is 17.3. The topological polar surface area (TPSA) is 79.7 Å². The number of rotatable bonds is 6. The number of nitrogens with zero attached hydrogens (tertiary/aromatic N) is 2. The maximum atomic E-state index is 12.6. The second-order valence-corrected chi connectivity index (χ2v) is 6.99. The fourth-order valence-electron chi connectivity index (χ4n) is 3.15. The Hall–Kier alpha value is -3.06. The normalized spacial score (nSPS) is 11.9. The molecule has 2 aromatic carbocycles. The highest BCUT2D eigenvalue weighted by Crippen LogP contribution is 2.33. The van der Waals surface area contributed by atoms with Crippen molar-refractivity contribution in [2.45, 2.75) is 26.3 Å². The molecule has 8 heteroatoms. The minimum absolute atomic E-state index is 0.0171. The van der Waals surface area contributed by atoms with Crippen LogP contribution in [-0.2, 0) is 4.79 Å². The summed E-state index contributed by atoms with van der Waals surface area (Å²) in [6, 6.07) is 9.48. The molecule has 0 bridgehead atoms. The first-order chi connectivity index (χ1) is 13.8. The van der Waals surface area contributed by atoms with Gasteiger partial charge in [-0.1, -0.05) is 11.6 Å². The highest BCUT2D eigenvalue weighted by Gasteiger charge is 2.20. The molecular weight excluding hydrogens is 396 g/mol. The average molecular weight is 417 g/mol. The summed E-state index contributed by atoms with van der Waals surface area (Å²) in [5.41, 5.74) is 0.721. The van der Waals surface area contributed by atoms with Crippen LogP contribution in [0.4, 0.5) is 0 Å². The van der Waals surface area contributed by atoms with E-state index < -0.39 is 17.7 Å². The van der Waals surface area contributed by atoms with Gasteiger partial charge in [-0.3, -0.25) is 9.36 Å². The summed E-state index contributed by atoms with van der Waals surface area (Å²) >= 11 is 5.84. The second kappa shape index (κ2) is 8.53. The van der Waals surface area contributed by atoms with Crippen LogP contribution in [0.15, 0.2) is 41.2 Å². The molecule has 1 heterocycles. The number of hydrogen-bond donors (Lipinski definition) is 0. The van der Waals surface area contributed by atoms with Crippen molar-refractivity contribution in [3.8, 4) is 17.2 Å². The Morgan fingerprint density at radius 2 is 1.76 bits per heavy atom. The van der Waals surface area contributed by atoms with Crippen LogP contribution in [0.1, 0.15) is 25.1 Å². The van der Waals surface area contributed by atoms with Crippen LogP contribution in [-0.4, -0.2) is 29.7 Å². The molecule has 0 radical (unpaired) electrons. The van der Waals surface area contributed by atoms with Crippen LogP contribution in [0, 0.1) is 6.92 Å². The molecule has 1 aromatic heterocycles. The lowest BCUT2D eigenvalue weighted by atomic mass is 10.1. The summed E-state index contributed by atoms with van der Waals surface area (Å²) in [6.45, 7) is 3.51. The van der Waals surface area contributed by atoms with Crippen LogP contribution in [0.2, 0.25) is 5.02 Å². The third kappa shape index (κ3) is 4.35. The Morgan fingerprint density at radius 3 is 2.38 bits per heavy atom. The highest BCUT2D eigenvalue weighted by molar-refractivity contribution is 6.30. The predicted octanol–water partition coefficient (Wildman–Crippen LogP) is 3.93. The van der Waals surface area contributed by atoms with Gasteiger partial charge in [0, 0.05) is 22.5 Å². The minimum atomic E-state index is -0.490. The number of esters is 1. The minimum Gasteiger partial charge on any atom is -0.493 e. The molecule has 0 N–H and O–H groups in total. The van der Waals surface area contributed by atoms with E-state index in [2.05, 4.69) is 4.98 Å². The number of aryl methyl sites for hydroxylation is 1. The van der Waals surface area contributed by atoms with Crippen molar-refractivity contribution in [1.82, 2.24) is 9.55 Å². The van der Waals surface area contributed by atoms with E-state index in [4.69, 9.17) is 25.8 Å². The zero-order valence-electron chi connectivity index (χ0n) is 16.6. The number of hydrogen-bond acceptors (Lipinski definition) is 6. The Bertz CT molecular complexity index is 1110. The van der Waals surface area contributed by atoms with Gasteiger partial charge in [0.2, 0.25) is 0 Å². The number of carbonyl (C=O) groups is 1. The van der Waals surface area contributed by atoms with Gasteiger partial charge < -0.3 is 14.2 Å². The smallest absolute Gasteiger partial charge is 0.348 e. The Morgan fingerprint density at radius 1 is 1.14 bits per heavy atom. The lowest BCUT2D eigenvalue weighted by molar-refractivity contribution is -0.135. The van der Waals surface area contributed by atoms with Crippen molar-refractivity contribution in [1.29, 1.82) is 0 Å². The fourth-order valence-corrected chi connectivity index (χ4v) is 3.28. The lowest BCUT2D eigenvalue weighted by Crippen LogP contribution is -2.29. The summed E-state index contributed by atoms with van der Waals surface area (Å²) in [6.07, 6.45) is -0.0171. The molecular formula is C21H21ClN2O5. The highest BCUT2D eigenvalue weighted by atomic mass is 35.5. The van der Waals surface area contributed by atoms with Crippen molar-refractivity contribution < 1.29 is 19.0 Å². The van der Waals surface area contributed by atoms with Gasteiger partial charge in [0.25, 0.3) is 0 Å². The van der Waals surface area contributed by atoms with E-state index in [1.54, 1.807) is 50.2 Å². The molecule has 1 atom stereocenters.